The summed E-state index contributed by atoms with van der Waals surface area (Å²) in [4.78, 5) is 23.6. The van der Waals surface area contributed by atoms with Crippen LogP contribution < -0.4 is 15.5 Å². The van der Waals surface area contributed by atoms with E-state index >= 15 is 0 Å². The molecule has 0 aliphatic carbocycles. The first-order chi connectivity index (χ1) is 15.0. The lowest BCUT2D eigenvalue weighted by molar-refractivity contribution is -0.124. The van der Waals surface area contributed by atoms with Crippen LogP contribution in [0.1, 0.15) is 31.4 Å². The van der Waals surface area contributed by atoms with Gasteiger partial charge in [0.15, 0.2) is 0 Å². The maximum absolute atomic E-state index is 12.5. The van der Waals surface area contributed by atoms with E-state index in [-0.39, 0.29) is 19.1 Å². The van der Waals surface area contributed by atoms with Gasteiger partial charge in [0.2, 0.25) is 0 Å². The van der Waals surface area contributed by atoms with E-state index in [4.69, 9.17) is 19.8 Å². The predicted octanol–water partition coefficient (Wildman–Crippen LogP) is 3.83. The molecular formula is C23H28N2O6. The molecule has 0 bridgehead atoms. The number of hydrogen-bond donors (Lipinski definition) is 4. The maximum atomic E-state index is 12.5. The second kappa shape index (κ2) is 13.0. The average molecular weight is 428 g/mol. The zero-order chi connectivity index (χ0) is 22.5. The number of ether oxygens (including phenoxy) is 2. The molecule has 166 valence electrons. The van der Waals surface area contributed by atoms with Crippen molar-refractivity contribution >= 4 is 17.7 Å². The average Bonchev–Trinajstić information content (AvgIpc) is 2.79. The first-order valence-electron chi connectivity index (χ1n) is 10.0. The van der Waals surface area contributed by atoms with Crippen molar-refractivity contribution in [3.05, 3.63) is 72.3 Å². The first kappa shape index (κ1) is 23.9. The maximum Gasteiger partial charge on any atom is 0.412 e. The van der Waals surface area contributed by atoms with E-state index in [1.807, 2.05) is 37.3 Å². The Hall–Kier alpha value is -3.36. The molecule has 2 aromatic carbocycles. The number of hydroxylamine groups is 1. The highest BCUT2D eigenvalue weighted by atomic mass is 16.6. The van der Waals surface area contributed by atoms with Gasteiger partial charge in [-0.2, -0.15) is 0 Å². The highest BCUT2D eigenvalue weighted by molar-refractivity contribution is 5.86. The number of hydrogen-bond acceptors (Lipinski definition) is 6. The van der Waals surface area contributed by atoms with Gasteiger partial charge in [-0.3, -0.25) is 15.3 Å². The van der Waals surface area contributed by atoms with Crippen molar-refractivity contribution < 1.29 is 29.4 Å². The summed E-state index contributed by atoms with van der Waals surface area (Å²) in [6.45, 7) is 2.07. The number of benzene rings is 2. The Bertz CT molecular complexity index is 839. The minimum absolute atomic E-state index is 0.0624. The molecule has 2 atom stereocenters. The van der Waals surface area contributed by atoms with Crippen molar-refractivity contribution in [3.63, 3.8) is 0 Å². The Balaban J connectivity index is 2.09. The molecule has 8 nitrogen and oxygen atoms in total. The second-order valence-corrected chi connectivity index (χ2v) is 6.89. The highest BCUT2D eigenvalue weighted by Gasteiger charge is 2.23. The quantitative estimate of drug-likeness (QED) is 0.246. The third kappa shape index (κ3) is 8.49. The van der Waals surface area contributed by atoms with Crippen LogP contribution in [0.4, 0.5) is 10.5 Å². The molecule has 0 aromatic heterocycles. The van der Waals surface area contributed by atoms with Crippen molar-refractivity contribution in [2.45, 2.75) is 25.9 Å². The molecule has 0 aliphatic heterocycles. The van der Waals surface area contributed by atoms with Gasteiger partial charge in [-0.25, -0.2) is 10.3 Å². The van der Waals surface area contributed by atoms with Gasteiger partial charge in [-0.15, -0.1) is 0 Å². The molecule has 0 radical (unpaired) electrons. The van der Waals surface area contributed by atoms with Gasteiger partial charge in [0.25, 0.3) is 5.91 Å². The zero-order valence-corrected chi connectivity index (χ0v) is 17.4. The lowest BCUT2D eigenvalue weighted by atomic mass is 9.93. The fourth-order valence-corrected chi connectivity index (χ4v) is 2.95. The normalized spacial score (nSPS) is 12.7. The molecule has 31 heavy (non-hydrogen) atoms. The standard InChI is InChI=1S/C23H28N2O6/c1-17(7-5-6-10-21(27)25-29)22(18-11-13-20(14-12-18)30-16-15-26)31-23(28)24-19-8-3-2-4-9-19/h2-4,6,8-14,17,22,26,29H,5,7,15-16H2,1H3,(H,24,28)(H,25,27)/b10-6+/t17-,22+/m0/s1. The largest absolute Gasteiger partial charge is 0.491 e. The van der Waals surface area contributed by atoms with Crippen LogP contribution in [0.25, 0.3) is 0 Å². The second-order valence-electron chi connectivity index (χ2n) is 6.89. The van der Waals surface area contributed by atoms with E-state index in [0.717, 1.165) is 5.56 Å². The van der Waals surface area contributed by atoms with Crippen molar-refractivity contribution in [1.29, 1.82) is 0 Å². The Morgan fingerprint density at radius 2 is 1.81 bits per heavy atom. The SMILES string of the molecule is C[C@@H](CC/C=C/C(=O)NO)[C@@H](OC(=O)Nc1ccccc1)c1ccc(OCCO)cc1. The Labute approximate surface area is 181 Å². The lowest BCUT2D eigenvalue weighted by Gasteiger charge is -2.25. The van der Waals surface area contributed by atoms with Crippen LogP contribution in [-0.2, 0) is 9.53 Å². The van der Waals surface area contributed by atoms with Gasteiger partial charge in [0.05, 0.1) is 6.61 Å². The molecule has 4 N–H and O–H groups in total. The molecule has 0 aliphatic rings. The number of anilines is 1. The summed E-state index contributed by atoms with van der Waals surface area (Å²) in [5, 5.41) is 20.1. The molecule has 0 spiro atoms. The molecule has 2 aromatic rings. The molecule has 0 saturated carbocycles. The van der Waals surface area contributed by atoms with E-state index in [9.17, 15) is 9.59 Å². The molecule has 0 heterocycles. The highest BCUT2D eigenvalue weighted by Crippen LogP contribution is 2.31. The lowest BCUT2D eigenvalue weighted by Crippen LogP contribution is -2.22. The molecule has 2 rings (SSSR count). The molecule has 0 saturated heterocycles. The van der Waals surface area contributed by atoms with Crippen LogP contribution >= 0.6 is 0 Å². The summed E-state index contributed by atoms with van der Waals surface area (Å²) in [5.41, 5.74) is 2.96. The molecule has 0 fully saturated rings. The van der Waals surface area contributed by atoms with E-state index < -0.39 is 18.1 Å². The van der Waals surface area contributed by atoms with Crippen molar-refractivity contribution in [2.24, 2.45) is 5.92 Å². The Kier molecular flexibility index (Phi) is 10.1. The van der Waals surface area contributed by atoms with E-state index in [1.54, 1.807) is 30.3 Å². The smallest absolute Gasteiger partial charge is 0.412 e. The number of carbonyl (C=O) groups is 2. The van der Waals surface area contributed by atoms with E-state index in [0.29, 0.717) is 24.3 Å². The van der Waals surface area contributed by atoms with Crippen LogP contribution in [0.2, 0.25) is 0 Å². The third-order valence-corrected chi connectivity index (χ3v) is 4.51. The van der Waals surface area contributed by atoms with Crippen LogP contribution in [0.3, 0.4) is 0 Å². The first-order valence-corrected chi connectivity index (χ1v) is 10.0. The van der Waals surface area contributed by atoms with Gasteiger partial charge in [0, 0.05) is 11.8 Å². The minimum atomic E-state index is -0.596. The summed E-state index contributed by atoms with van der Waals surface area (Å²) < 4.78 is 11.1. The number of amides is 2. The topological polar surface area (TPSA) is 117 Å². The monoisotopic (exact) mass is 428 g/mol. The number of aliphatic hydroxyl groups is 1. The summed E-state index contributed by atoms with van der Waals surface area (Å²) in [5.74, 6) is -0.0513. The van der Waals surface area contributed by atoms with E-state index in [1.165, 1.54) is 11.6 Å². The van der Waals surface area contributed by atoms with Gasteiger partial charge in [0.1, 0.15) is 18.5 Å². The van der Waals surface area contributed by atoms with E-state index in [2.05, 4.69) is 5.32 Å². The minimum Gasteiger partial charge on any atom is -0.491 e. The van der Waals surface area contributed by atoms with Crippen molar-refractivity contribution in [3.8, 4) is 5.75 Å². The summed E-state index contributed by atoms with van der Waals surface area (Å²) in [6, 6.07) is 16.2. The van der Waals surface area contributed by atoms with Gasteiger partial charge >= 0.3 is 6.09 Å². The fourth-order valence-electron chi connectivity index (χ4n) is 2.95. The predicted molar refractivity (Wildman–Crippen MR) is 116 cm³/mol. The number of rotatable bonds is 11. The number of carbonyl (C=O) groups excluding carboxylic acids is 2. The number of aliphatic hydroxyl groups excluding tert-OH is 1. The van der Waals surface area contributed by atoms with Crippen molar-refractivity contribution in [1.82, 2.24) is 5.48 Å². The molecule has 2 amide bonds. The van der Waals surface area contributed by atoms with Gasteiger partial charge in [-0.1, -0.05) is 43.3 Å². The fraction of sp³-hybridized carbons (Fsp3) is 0.304. The third-order valence-electron chi connectivity index (χ3n) is 4.51. The summed E-state index contributed by atoms with van der Waals surface area (Å²) >= 11 is 0. The zero-order valence-electron chi connectivity index (χ0n) is 17.4. The van der Waals surface area contributed by atoms with Crippen molar-refractivity contribution in [2.75, 3.05) is 18.5 Å². The Morgan fingerprint density at radius 1 is 1.10 bits per heavy atom. The molecular weight excluding hydrogens is 400 g/mol. The summed E-state index contributed by atoms with van der Waals surface area (Å²) in [7, 11) is 0. The van der Waals surface area contributed by atoms with Crippen LogP contribution in [0.5, 0.6) is 5.75 Å². The number of nitrogens with one attached hydrogen (secondary N) is 2. The van der Waals surface area contributed by atoms with Crippen LogP contribution in [-0.4, -0.2) is 35.5 Å². The summed E-state index contributed by atoms with van der Waals surface area (Å²) in [6.07, 6.45) is 3.00. The number of allylic oxidation sites excluding steroid dienone is 1. The number of para-hydroxylation sites is 1. The molecule has 8 heteroatoms. The van der Waals surface area contributed by atoms with Gasteiger partial charge < -0.3 is 14.6 Å². The molecule has 0 unspecified atom stereocenters. The Morgan fingerprint density at radius 3 is 2.45 bits per heavy atom. The van der Waals surface area contributed by atoms with Crippen LogP contribution in [0, 0.1) is 5.92 Å². The van der Waals surface area contributed by atoms with Crippen LogP contribution in [0.15, 0.2) is 66.7 Å². The van der Waals surface area contributed by atoms with Gasteiger partial charge in [-0.05, 0) is 48.6 Å².